The predicted molar refractivity (Wildman–Crippen MR) is 76.9 cm³/mol. The van der Waals surface area contributed by atoms with E-state index in [1.54, 1.807) is 6.08 Å². The lowest BCUT2D eigenvalue weighted by Crippen LogP contribution is -2.44. The maximum Gasteiger partial charge on any atom is 0.407 e. The largest absolute Gasteiger partial charge is 0.465 e. The molecule has 0 aliphatic carbocycles. The summed E-state index contributed by atoms with van der Waals surface area (Å²) >= 11 is 0. The molecule has 0 saturated carbocycles. The third-order valence-corrected chi connectivity index (χ3v) is 3.16. The van der Waals surface area contributed by atoms with E-state index in [0.717, 1.165) is 5.56 Å². The van der Waals surface area contributed by atoms with Gasteiger partial charge >= 0.3 is 12.2 Å². The zero-order chi connectivity index (χ0) is 15.1. The Labute approximate surface area is 123 Å². The van der Waals surface area contributed by atoms with Gasteiger partial charge in [0.15, 0.2) is 0 Å². The van der Waals surface area contributed by atoms with Crippen LogP contribution in [-0.4, -0.2) is 41.3 Å². The molecule has 0 spiro atoms. The summed E-state index contributed by atoms with van der Waals surface area (Å²) in [5.41, 5.74) is 0.903. The number of rotatable bonds is 3. The molecule has 2 amide bonds. The van der Waals surface area contributed by atoms with Crippen LogP contribution in [0.1, 0.15) is 12.0 Å². The smallest absolute Gasteiger partial charge is 0.407 e. The fourth-order valence-corrected chi connectivity index (χ4v) is 2.07. The van der Waals surface area contributed by atoms with Crippen LogP contribution in [0.25, 0.3) is 0 Å². The number of amides is 2. The maximum absolute atomic E-state index is 11.7. The normalized spacial score (nSPS) is 17.9. The zero-order valence-corrected chi connectivity index (χ0v) is 11.6. The van der Waals surface area contributed by atoms with E-state index in [4.69, 9.17) is 9.84 Å². The highest BCUT2D eigenvalue weighted by atomic mass is 16.5. The van der Waals surface area contributed by atoms with Crippen LogP contribution >= 0.6 is 0 Å². The van der Waals surface area contributed by atoms with Gasteiger partial charge in [-0.2, -0.15) is 0 Å². The van der Waals surface area contributed by atoms with E-state index < -0.39 is 12.2 Å². The Hall–Kier alpha value is -2.50. The van der Waals surface area contributed by atoms with Crippen molar-refractivity contribution in [1.82, 2.24) is 10.2 Å². The van der Waals surface area contributed by atoms with Gasteiger partial charge in [-0.3, -0.25) is 0 Å². The quantitative estimate of drug-likeness (QED) is 0.837. The molecule has 1 aliphatic rings. The Balaban J connectivity index is 1.81. The minimum absolute atomic E-state index is 0.192. The van der Waals surface area contributed by atoms with Crippen molar-refractivity contribution >= 4 is 12.2 Å². The SMILES string of the molecule is O=C(N[C@H]1CC=CCN(C(=O)O)C1)OCc1ccccc1. The maximum atomic E-state index is 11.7. The summed E-state index contributed by atoms with van der Waals surface area (Å²) < 4.78 is 5.13. The first kappa shape index (κ1) is 14.9. The van der Waals surface area contributed by atoms with Crippen molar-refractivity contribution < 1.29 is 19.4 Å². The zero-order valence-electron chi connectivity index (χ0n) is 11.6. The van der Waals surface area contributed by atoms with Crippen LogP contribution < -0.4 is 5.32 Å². The molecule has 1 heterocycles. The third kappa shape index (κ3) is 4.83. The van der Waals surface area contributed by atoms with Gasteiger partial charge in [0.1, 0.15) is 6.61 Å². The lowest BCUT2D eigenvalue weighted by atomic mass is 10.2. The molecule has 0 unspecified atom stereocenters. The number of carboxylic acid groups (broad SMARTS) is 1. The van der Waals surface area contributed by atoms with Crippen LogP contribution in [0.15, 0.2) is 42.5 Å². The first-order valence-electron chi connectivity index (χ1n) is 6.75. The topological polar surface area (TPSA) is 78.9 Å². The average Bonchev–Trinajstić information content (AvgIpc) is 2.72. The molecule has 6 heteroatoms. The Kier molecular flexibility index (Phi) is 5.20. The summed E-state index contributed by atoms with van der Waals surface area (Å²) in [6, 6.07) is 9.10. The number of benzene rings is 1. The van der Waals surface area contributed by atoms with E-state index in [0.29, 0.717) is 13.0 Å². The molecule has 0 bridgehead atoms. The second-order valence-corrected chi connectivity index (χ2v) is 4.80. The number of carbonyl (C=O) groups excluding carboxylic acids is 1. The molecule has 2 N–H and O–H groups in total. The Morgan fingerprint density at radius 2 is 2.05 bits per heavy atom. The minimum Gasteiger partial charge on any atom is -0.465 e. The molecule has 0 aromatic heterocycles. The molecule has 0 saturated heterocycles. The van der Waals surface area contributed by atoms with Gasteiger partial charge in [-0.05, 0) is 12.0 Å². The molecule has 1 aromatic carbocycles. The van der Waals surface area contributed by atoms with Crippen LogP contribution in [0.2, 0.25) is 0 Å². The van der Waals surface area contributed by atoms with Crippen LogP contribution in [-0.2, 0) is 11.3 Å². The van der Waals surface area contributed by atoms with Gasteiger partial charge in [0, 0.05) is 13.1 Å². The highest BCUT2D eigenvalue weighted by Gasteiger charge is 2.20. The number of hydrogen-bond donors (Lipinski definition) is 2. The summed E-state index contributed by atoms with van der Waals surface area (Å²) in [5.74, 6) is 0. The van der Waals surface area contributed by atoms with Crippen LogP contribution in [0.3, 0.4) is 0 Å². The highest BCUT2D eigenvalue weighted by Crippen LogP contribution is 2.06. The Morgan fingerprint density at radius 1 is 1.29 bits per heavy atom. The molecule has 1 aliphatic heterocycles. The molecular formula is C15H18N2O4. The summed E-state index contributed by atoms with van der Waals surface area (Å²) in [7, 11) is 0. The lowest BCUT2D eigenvalue weighted by molar-refractivity contribution is 0.127. The fourth-order valence-electron chi connectivity index (χ4n) is 2.07. The van der Waals surface area contributed by atoms with Crippen molar-refractivity contribution in [2.45, 2.75) is 19.1 Å². The molecular weight excluding hydrogens is 272 g/mol. The van der Waals surface area contributed by atoms with E-state index in [-0.39, 0.29) is 19.2 Å². The molecule has 1 aromatic rings. The molecule has 1 atom stereocenters. The molecule has 21 heavy (non-hydrogen) atoms. The molecule has 0 fully saturated rings. The van der Waals surface area contributed by atoms with E-state index in [1.807, 2.05) is 36.4 Å². The van der Waals surface area contributed by atoms with Crippen molar-refractivity contribution in [1.29, 1.82) is 0 Å². The molecule has 6 nitrogen and oxygen atoms in total. The van der Waals surface area contributed by atoms with Gasteiger partial charge in [0.2, 0.25) is 0 Å². The van der Waals surface area contributed by atoms with Gasteiger partial charge in [0.25, 0.3) is 0 Å². The predicted octanol–water partition coefficient (Wildman–Crippen LogP) is 2.22. The number of ether oxygens (including phenoxy) is 1. The highest BCUT2D eigenvalue weighted by molar-refractivity contribution is 5.68. The van der Waals surface area contributed by atoms with Gasteiger partial charge in [-0.25, -0.2) is 9.59 Å². The molecule has 0 radical (unpaired) electrons. The summed E-state index contributed by atoms with van der Waals surface area (Å²) in [5, 5.41) is 11.7. The average molecular weight is 290 g/mol. The van der Waals surface area contributed by atoms with Gasteiger partial charge in [0.05, 0.1) is 6.04 Å². The third-order valence-electron chi connectivity index (χ3n) is 3.16. The first-order chi connectivity index (χ1) is 10.1. The second kappa shape index (κ2) is 7.33. The monoisotopic (exact) mass is 290 g/mol. The number of carbonyl (C=O) groups is 2. The number of nitrogens with one attached hydrogen (secondary N) is 1. The molecule has 2 rings (SSSR count). The summed E-state index contributed by atoms with van der Waals surface area (Å²) in [6.07, 6.45) is 2.70. The van der Waals surface area contributed by atoms with Crippen molar-refractivity contribution in [3.05, 3.63) is 48.0 Å². The molecule has 112 valence electrons. The number of nitrogens with zero attached hydrogens (tertiary/aromatic N) is 1. The van der Waals surface area contributed by atoms with E-state index >= 15 is 0 Å². The van der Waals surface area contributed by atoms with Crippen molar-refractivity contribution in [2.24, 2.45) is 0 Å². The van der Waals surface area contributed by atoms with E-state index in [9.17, 15) is 9.59 Å². The summed E-state index contributed by atoms with van der Waals surface area (Å²) in [6.45, 7) is 0.785. The van der Waals surface area contributed by atoms with E-state index in [1.165, 1.54) is 4.90 Å². The van der Waals surface area contributed by atoms with Crippen LogP contribution in [0.4, 0.5) is 9.59 Å². The minimum atomic E-state index is -0.994. The number of alkyl carbamates (subject to hydrolysis) is 1. The standard InChI is InChI=1S/C15H18N2O4/c18-14(21-11-12-6-2-1-3-7-12)16-13-8-4-5-9-17(10-13)15(19)20/h1-7,13H,8-11H2,(H,16,18)(H,19,20)/t13-/m0/s1. The van der Waals surface area contributed by atoms with Crippen LogP contribution in [0.5, 0.6) is 0 Å². The lowest BCUT2D eigenvalue weighted by Gasteiger charge is -2.22. The van der Waals surface area contributed by atoms with Crippen LogP contribution in [0, 0.1) is 0 Å². The van der Waals surface area contributed by atoms with Gasteiger partial charge in [-0.1, -0.05) is 42.5 Å². The van der Waals surface area contributed by atoms with E-state index in [2.05, 4.69) is 5.32 Å². The first-order valence-corrected chi connectivity index (χ1v) is 6.75. The number of hydrogen-bond acceptors (Lipinski definition) is 3. The van der Waals surface area contributed by atoms with Gasteiger partial charge < -0.3 is 20.1 Å². The fraction of sp³-hybridized carbons (Fsp3) is 0.333. The summed E-state index contributed by atoms with van der Waals surface area (Å²) in [4.78, 5) is 24.0. The Morgan fingerprint density at radius 3 is 2.76 bits per heavy atom. The van der Waals surface area contributed by atoms with Crippen molar-refractivity contribution in [3.63, 3.8) is 0 Å². The van der Waals surface area contributed by atoms with Gasteiger partial charge in [-0.15, -0.1) is 0 Å². The Bertz CT molecular complexity index is 516. The van der Waals surface area contributed by atoms with Crippen molar-refractivity contribution in [3.8, 4) is 0 Å². The second-order valence-electron chi connectivity index (χ2n) is 4.80. The van der Waals surface area contributed by atoms with Crippen molar-refractivity contribution in [2.75, 3.05) is 13.1 Å².